The fourth-order valence-corrected chi connectivity index (χ4v) is 5.52. The number of urea groups is 1. The Morgan fingerprint density at radius 1 is 1.12 bits per heavy atom. The highest BCUT2D eigenvalue weighted by Gasteiger charge is 2.38. The Morgan fingerprint density at radius 2 is 1.85 bits per heavy atom. The number of hydrogen-bond donors (Lipinski definition) is 3. The van der Waals surface area contributed by atoms with Crippen molar-refractivity contribution in [2.45, 2.75) is 55.5 Å². The Kier molecular flexibility index (Phi) is 6.60. The van der Waals surface area contributed by atoms with Gasteiger partial charge in [-0.15, -0.1) is 0 Å². The van der Waals surface area contributed by atoms with Crippen LogP contribution in [0.3, 0.4) is 0 Å². The average molecular weight is 485 g/mol. The molecule has 0 radical (unpaired) electrons. The second-order valence-corrected chi connectivity index (χ2v) is 10.5. The summed E-state index contributed by atoms with van der Waals surface area (Å²) in [6, 6.07) is 12.0. The molecule has 180 valence electrons. The number of amides is 3. The van der Waals surface area contributed by atoms with Crippen molar-refractivity contribution in [1.82, 2.24) is 15.4 Å². The van der Waals surface area contributed by atoms with Gasteiger partial charge < -0.3 is 20.3 Å². The van der Waals surface area contributed by atoms with Crippen molar-refractivity contribution in [3.05, 3.63) is 59.7 Å². The zero-order chi connectivity index (χ0) is 24.3. The molecule has 10 heteroatoms. The molecule has 4 rings (SSSR count). The first-order valence-corrected chi connectivity index (χ1v) is 12.8. The molecule has 1 unspecified atom stereocenters. The van der Waals surface area contributed by atoms with Gasteiger partial charge in [0.15, 0.2) is 0 Å². The summed E-state index contributed by atoms with van der Waals surface area (Å²) < 4.78 is 28.0. The van der Waals surface area contributed by atoms with E-state index in [1.807, 2.05) is 0 Å². The number of para-hydroxylation sites is 1. The van der Waals surface area contributed by atoms with Crippen molar-refractivity contribution in [2.24, 2.45) is 0 Å². The summed E-state index contributed by atoms with van der Waals surface area (Å²) in [6.45, 7) is 1.73. The molecule has 2 aromatic carbocycles. The van der Waals surface area contributed by atoms with Crippen LogP contribution in [0.15, 0.2) is 53.4 Å². The fourth-order valence-electron chi connectivity index (χ4n) is 4.56. The maximum absolute atomic E-state index is 12.9. The van der Waals surface area contributed by atoms with Crippen molar-refractivity contribution in [2.75, 3.05) is 11.6 Å². The molecule has 0 bridgehead atoms. The number of benzene rings is 2. The number of carbonyl (C=O) groups excluding carboxylic acids is 3. The lowest BCUT2D eigenvalue weighted by Crippen LogP contribution is -2.54. The van der Waals surface area contributed by atoms with Crippen LogP contribution in [-0.4, -0.2) is 39.4 Å². The van der Waals surface area contributed by atoms with Crippen molar-refractivity contribution < 1.29 is 22.8 Å². The molecule has 34 heavy (non-hydrogen) atoms. The first-order chi connectivity index (χ1) is 16.2. The van der Waals surface area contributed by atoms with Crippen molar-refractivity contribution in [3.63, 3.8) is 0 Å². The molecule has 3 N–H and O–H groups in total. The topological polar surface area (TPSA) is 125 Å². The molecule has 1 saturated carbocycles. The van der Waals surface area contributed by atoms with Gasteiger partial charge in [-0.05, 0) is 49.6 Å². The number of anilines is 1. The highest BCUT2D eigenvalue weighted by atomic mass is 32.2. The van der Waals surface area contributed by atoms with E-state index in [0.717, 1.165) is 38.4 Å². The fraction of sp³-hybridized carbons (Fsp3) is 0.375. The maximum Gasteiger partial charge on any atom is 0.328 e. The quantitative estimate of drug-likeness (QED) is 0.542. The minimum Gasteiger partial charge on any atom is -0.337 e. The van der Waals surface area contributed by atoms with E-state index in [4.69, 9.17) is 0 Å². The van der Waals surface area contributed by atoms with Crippen LogP contribution in [-0.2, 0) is 20.4 Å². The number of carbonyl (C=O) groups is 3. The van der Waals surface area contributed by atoms with Gasteiger partial charge in [0, 0.05) is 6.04 Å². The zero-order valence-corrected chi connectivity index (χ0v) is 19.7. The Hall–Kier alpha value is -3.40. The third kappa shape index (κ3) is 4.63. The number of nitrogens with one attached hydrogen (secondary N) is 3. The van der Waals surface area contributed by atoms with Crippen LogP contribution >= 0.6 is 0 Å². The third-order valence-corrected chi connectivity index (χ3v) is 7.85. The molecule has 0 aromatic heterocycles. The monoisotopic (exact) mass is 484 g/mol. The summed E-state index contributed by atoms with van der Waals surface area (Å²) in [4.78, 5) is 38.6. The van der Waals surface area contributed by atoms with Gasteiger partial charge in [0.25, 0.3) is 15.9 Å². The molecule has 2 aromatic rings. The molecule has 1 aliphatic heterocycles. The summed E-state index contributed by atoms with van der Waals surface area (Å²) in [5.41, 5.74) is 0.120. The van der Waals surface area contributed by atoms with Gasteiger partial charge in [-0.1, -0.05) is 43.5 Å². The summed E-state index contributed by atoms with van der Waals surface area (Å²) in [7, 11) is -4.17. The minimum atomic E-state index is -4.17. The highest BCUT2D eigenvalue weighted by molar-refractivity contribution is 7.90. The second-order valence-electron chi connectivity index (χ2n) is 8.82. The third-order valence-electron chi connectivity index (χ3n) is 6.52. The van der Waals surface area contributed by atoms with Crippen LogP contribution in [0.25, 0.3) is 0 Å². The summed E-state index contributed by atoms with van der Waals surface area (Å²) >= 11 is 0. The second kappa shape index (κ2) is 9.46. The van der Waals surface area contributed by atoms with Gasteiger partial charge in [0.2, 0.25) is 0 Å². The largest absolute Gasteiger partial charge is 0.337 e. The number of nitrogens with zero attached hydrogens (tertiary/aromatic N) is 1. The predicted molar refractivity (Wildman–Crippen MR) is 127 cm³/mol. The van der Waals surface area contributed by atoms with E-state index >= 15 is 0 Å². The number of rotatable bonds is 6. The first-order valence-electron chi connectivity index (χ1n) is 11.3. The van der Waals surface area contributed by atoms with Crippen molar-refractivity contribution >= 4 is 33.9 Å². The lowest BCUT2D eigenvalue weighted by molar-refractivity contribution is -0.112. The Labute approximate surface area is 199 Å². The van der Waals surface area contributed by atoms with E-state index < -0.39 is 21.6 Å². The van der Waals surface area contributed by atoms with Gasteiger partial charge in [0.05, 0.1) is 22.8 Å². The van der Waals surface area contributed by atoms with Gasteiger partial charge >= 0.3 is 6.03 Å². The van der Waals surface area contributed by atoms with Crippen LogP contribution in [0.4, 0.5) is 10.5 Å². The molecule has 9 nitrogen and oxygen atoms in total. The molecule has 0 spiro atoms. The molecule has 3 amide bonds. The number of sulfonamides is 1. The lowest BCUT2D eigenvalue weighted by atomic mass is 9.90. The standard InChI is InChI=1S/C24H28N4O5S/c1-24(15-29,28-16-25-22(30)20-12-5-6-13-21(20)28)17-8-7-11-19(14-17)34(32,33)27-23(31)26-18-9-3-2-4-10-18/h5-8,11-15,18H,2-4,9-10,16H2,1H3,(H,25,30)(H2,26,27,31). The van der Waals surface area contributed by atoms with E-state index in [2.05, 4.69) is 15.4 Å². The summed E-state index contributed by atoms with van der Waals surface area (Å²) in [5.74, 6) is -0.246. The van der Waals surface area contributed by atoms with Gasteiger partial charge in [0.1, 0.15) is 11.8 Å². The normalized spacial score (nSPS) is 18.3. The smallest absolute Gasteiger partial charge is 0.328 e. The number of hydrogen-bond acceptors (Lipinski definition) is 6. The molecule has 1 atom stereocenters. The van der Waals surface area contributed by atoms with E-state index in [9.17, 15) is 22.8 Å². The van der Waals surface area contributed by atoms with E-state index in [0.29, 0.717) is 16.8 Å². The summed E-state index contributed by atoms with van der Waals surface area (Å²) in [6.07, 6.45) is 5.50. The predicted octanol–water partition coefficient (Wildman–Crippen LogP) is 2.63. The SMILES string of the molecule is CC(C=O)(c1cccc(S(=O)(=O)NC(=O)NC2CCCCC2)c1)N1CNC(=O)c2ccccc21. The minimum absolute atomic E-state index is 0.0389. The van der Waals surface area contributed by atoms with Gasteiger partial charge in [-0.25, -0.2) is 17.9 Å². The Balaban J connectivity index is 1.60. The van der Waals surface area contributed by atoms with E-state index in [-0.39, 0.29) is 23.5 Å². The maximum atomic E-state index is 12.9. The van der Waals surface area contributed by atoms with Gasteiger partial charge in [-0.3, -0.25) is 4.79 Å². The number of aldehydes is 1. The van der Waals surface area contributed by atoms with Crippen molar-refractivity contribution in [1.29, 1.82) is 0 Å². The van der Waals surface area contributed by atoms with E-state index in [1.165, 1.54) is 18.2 Å². The molecular formula is C24H28N4O5S. The first kappa shape index (κ1) is 23.7. The highest BCUT2D eigenvalue weighted by Crippen LogP contribution is 2.35. The Bertz CT molecular complexity index is 1210. The van der Waals surface area contributed by atoms with Gasteiger partial charge in [-0.2, -0.15) is 0 Å². The molecular weight excluding hydrogens is 456 g/mol. The van der Waals surface area contributed by atoms with Crippen molar-refractivity contribution in [3.8, 4) is 0 Å². The summed E-state index contributed by atoms with van der Waals surface area (Å²) in [5, 5.41) is 5.49. The molecule has 1 aliphatic carbocycles. The molecule has 1 heterocycles. The average Bonchev–Trinajstić information content (AvgIpc) is 2.84. The number of fused-ring (bicyclic) bond motifs is 1. The van der Waals surface area contributed by atoms with E-state index in [1.54, 1.807) is 42.2 Å². The lowest BCUT2D eigenvalue weighted by Gasteiger charge is -2.42. The van der Waals surface area contributed by atoms with Crippen LogP contribution in [0, 0.1) is 0 Å². The van der Waals surface area contributed by atoms with Crippen LogP contribution in [0.5, 0.6) is 0 Å². The van der Waals surface area contributed by atoms with Crippen LogP contribution < -0.4 is 20.3 Å². The van der Waals surface area contributed by atoms with Crippen LogP contribution in [0.1, 0.15) is 54.9 Å². The molecule has 2 aliphatic rings. The van der Waals surface area contributed by atoms with Crippen LogP contribution in [0.2, 0.25) is 0 Å². The zero-order valence-electron chi connectivity index (χ0n) is 18.9. The molecule has 0 saturated heterocycles. The molecule has 1 fully saturated rings. The Morgan fingerprint density at radius 3 is 2.59 bits per heavy atom.